The Hall–Kier alpha value is -1.45. The van der Waals surface area contributed by atoms with Gasteiger partial charge in [0.25, 0.3) is 5.91 Å². The summed E-state index contributed by atoms with van der Waals surface area (Å²) in [5, 5.41) is 2.93. The maximum atomic E-state index is 12.0. The molecule has 96 valence electrons. The van der Waals surface area contributed by atoms with Gasteiger partial charge in [0.05, 0.1) is 5.69 Å². The lowest BCUT2D eigenvalue weighted by atomic mass is 9.97. The van der Waals surface area contributed by atoms with Crippen LogP contribution in [0.4, 0.5) is 5.69 Å². The SMILES string of the molecule is CC(C)n1cc(N)cc1C(=O)NCC(C)(C)C. The molecule has 0 aromatic carbocycles. The van der Waals surface area contributed by atoms with Gasteiger partial charge in [-0.2, -0.15) is 0 Å². The number of carbonyl (C=O) groups is 1. The van der Waals surface area contributed by atoms with Crippen LogP contribution >= 0.6 is 0 Å². The van der Waals surface area contributed by atoms with Crippen molar-refractivity contribution in [3.63, 3.8) is 0 Å². The molecule has 1 aromatic heterocycles. The van der Waals surface area contributed by atoms with E-state index in [1.807, 2.05) is 18.4 Å². The lowest BCUT2D eigenvalue weighted by Crippen LogP contribution is -2.33. The number of nitrogens with two attached hydrogens (primary N) is 1. The molecule has 1 amide bonds. The van der Waals surface area contributed by atoms with Crippen molar-refractivity contribution in [3.05, 3.63) is 18.0 Å². The molecule has 4 nitrogen and oxygen atoms in total. The molecular formula is C13H23N3O. The van der Waals surface area contributed by atoms with Crippen molar-refractivity contribution in [2.75, 3.05) is 12.3 Å². The van der Waals surface area contributed by atoms with Crippen molar-refractivity contribution in [2.45, 2.75) is 40.7 Å². The predicted octanol–water partition coefficient (Wildman–Crippen LogP) is 2.43. The molecule has 0 fully saturated rings. The van der Waals surface area contributed by atoms with Gasteiger partial charge in [0.15, 0.2) is 0 Å². The van der Waals surface area contributed by atoms with Gasteiger partial charge in [-0.15, -0.1) is 0 Å². The Balaban J connectivity index is 2.82. The zero-order valence-electron chi connectivity index (χ0n) is 11.4. The Morgan fingerprint density at radius 3 is 2.53 bits per heavy atom. The molecule has 0 saturated heterocycles. The number of amides is 1. The van der Waals surface area contributed by atoms with Crippen molar-refractivity contribution in [1.82, 2.24) is 9.88 Å². The number of hydrogen-bond donors (Lipinski definition) is 2. The van der Waals surface area contributed by atoms with E-state index in [1.165, 1.54) is 0 Å². The average molecular weight is 237 g/mol. The molecule has 0 aliphatic heterocycles. The van der Waals surface area contributed by atoms with Gasteiger partial charge < -0.3 is 15.6 Å². The zero-order valence-corrected chi connectivity index (χ0v) is 11.4. The van der Waals surface area contributed by atoms with E-state index in [0.29, 0.717) is 17.9 Å². The van der Waals surface area contributed by atoms with E-state index in [4.69, 9.17) is 5.73 Å². The van der Waals surface area contributed by atoms with Crippen LogP contribution in [0, 0.1) is 5.41 Å². The maximum absolute atomic E-state index is 12.0. The molecule has 0 aliphatic carbocycles. The largest absolute Gasteiger partial charge is 0.397 e. The van der Waals surface area contributed by atoms with E-state index >= 15 is 0 Å². The van der Waals surface area contributed by atoms with Gasteiger partial charge in [0.2, 0.25) is 0 Å². The van der Waals surface area contributed by atoms with Crippen molar-refractivity contribution >= 4 is 11.6 Å². The number of rotatable bonds is 3. The molecule has 1 heterocycles. The van der Waals surface area contributed by atoms with E-state index in [2.05, 4.69) is 26.1 Å². The second-order valence-electron chi connectivity index (χ2n) is 5.90. The first kappa shape index (κ1) is 13.6. The highest BCUT2D eigenvalue weighted by Crippen LogP contribution is 2.17. The van der Waals surface area contributed by atoms with Gasteiger partial charge in [0, 0.05) is 18.8 Å². The quantitative estimate of drug-likeness (QED) is 0.848. The molecule has 0 bridgehead atoms. The lowest BCUT2D eigenvalue weighted by molar-refractivity contribution is 0.0928. The van der Waals surface area contributed by atoms with Crippen LogP contribution < -0.4 is 11.1 Å². The summed E-state index contributed by atoms with van der Waals surface area (Å²) in [6.07, 6.45) is 1.80. The molecule has 1 rings (SSSR count). The number of nitrogens with one attached hydrogen (secondary N) is 1. The molecule has 17 heavy (non-hydrogen) atoms. The molecule has 4 heteroatoms. The van der Waals surface area contributed by atoms with E-state index in [1.54, 1.807) is 12.3 Å². The third-order valence-corrected chi connectivity index (χ3v) is 2.44. The van der Waals surface area contributed by atoms with Gasteiger partial charge in [-0.1, -0.05) is 20.8 Å². The summed E-state index contributed by atoms with van der Waals surface area (Å²) >= 11 is 0. The van der Waals surface area contributed by atoms with Crippen LogP contribution in [0.1, 0.15) is 51.1 Å². The first-order chi connectivity index (χ1) is 7.70. The Morgan fingerprint density at radius 2 is 2.06 bits per heavy atom. The third-order valence-electron chi connectivity index (χ3n) is 2.44. The molecule has 0 unspecified atom stereocenters. The predicted molar refractivity (Wildman–Crippen MR) is 71.0 cm³/mol. The van der Waals surface area contributed by atoms with Gasteiger partial charge in [0.1, 0.15) is 5.69 Å². The van der Waals surface area contributed by atoms with Crippen LogP contribution in [0.2, 0.25) is 0 Å². The van der Waals surface area contributed by atoms with E-state index in [9.17, 15) is 4.79 Å². The Labute approximate surface area is 103 Å². The Morgan fingerprint density at radius 1 is 1.47 bits per heavy atom. The van der Waals surface area contributed by atoms with Gasteiger partial charge in [-0.05, 0) is 25.3 Å². The molecule has 0 atom stereocenters. The molecule has 3 N–H and O–H groups in total. The highest BCUT2D eigenvalue weighted by Gasteiger charge is 2.17. The second-order valence-corrected chi connectivity index (χ2v) is 5.90. The van der Waals surface area contributed by atoms with Crippen LogP contribution in [-0.2, 0) is 0 Å². The highest BCUT2D eigenvalue weighted by atomic mass is 16.1. The lowest BCUT2D eigenvalue weighted by Gasteiger charge is -2.19. The normalized spacial score (nSPS) is 11.9. The minimum Gasteiger partial charge on any atom is -0.397 e. The Kier molecular flexibility index (Phi) is 3.86. The number of aromatic nitrogens is 1. The zero-order chi connectivity index (χ0) is 13.2. The van der Waals surface area contributed by atoms with Crippen molar-refractivity contribution < 1.29 is 4.79 Å². The van der Waals surface area contributed by atoms with Crippen LogP contribution in [0.3, 0.4) is 0 Å². The first-order valence-electron chi connectivity index (χ1n) is 5.96. The third kappa shape index (κ3) is 3.80. The number of nitrogen functional groups attached to an aromatic ring is 1. The molecule has 0 radical (unpaired) electrons. The summed E-state index contributed by atoms with van der Waals surface area (Å²) in [7, 11) is 0. The van der Waals surface area contributed by atoms with Crippen LogP contribution in [0.25, 0.3) is 0 Å². The highest BCUT2D eigenvalue weighted by molar-refractivity contribution is 5.93. The fourth-order valence-electron chi connectivity index (χ4n) is 1.55. The van der Waals surface area contributed by atoms with Gasteiger partial charge >= 0.3 is 0 Å². The Bertz CT molecular complexity index is 399. The van der Waals surface area contributed by atoms with Crippen molar-refractivity contribution in [1.29, 1.82) is 0 Å². The topological polar surface area (TPSA) is 60.0 Å². The number of nitrogens with zero attached hydrogens (tertiary/aromatic N) is 1. The van der Waals surface area contributed by atoms with E-state index < -0.39 is 0 Å². The number of hydrogen-bond acceptors (Lipinski definition) is 2. The maximum Gasteiger partial charge on any atom is 0.268 e. The monoisotopic (exact) mass is 237 g/mol. The standard InChI is InChI=1S/C13H23N3O/c1-9(2)16-7-10(14)6-11(16)12(17)15-8-13(3,4)5/h6-7,9H,8,14H2,1-5H3,(H,15,17). The first-order valence-corrected chi connectivity index (χ1v) is 5.96. The average Bonchev–Trinajstić information content (AvgIpc) is 2.55. The molecular weight excluding hydrogens is 214 g/mol. The molecule has 0 aliphatic rings. The molecule has 1 aromatic rings. The summed E-state index contributed by atoms with van der Waals surface area (Å²) in [5.74, 6) is -0.0645. The second kappa shape index (κ2) is 4.82. The molecule has 0 spiro atoms. The molecule has 0 saturated carbocycles. The van der Waals surface area contributed by atoms with Crippen LogP contribution in [-0.4, -0.2) is 17.0 Å². The van der Waals surface area contributed by atoms with Gasteiger partial charge in [-0.25, -0.2) is 0 Å². The van der Waals surface area contributed by atoms with E-state index in [-0.39, 0.29) is 17.4 Å². The number of anilines is 1. The fraction of sp³-hybridized carbons (Fsp3) is 0.615. The smallest absolute Gasteiger partial charge is 0.268 e. The minimum atomic E-state index is -0.0645. The summed E-state index contributed by atoms with van der Waals surface area (Å²) in [4.78, 5) is 12.0. The van der Waals surface area contributed by atoms with Crippen LogP contribution in [0.15, 0.2) is 12.3 Å². The van der Waals surface area contributed by atoms with Gasteiger partial charge in [-0.3, -0.25) is 4.79 Å². The summed E-state index contributed by atoms with van der Waals surface area (Å²) in [6, 6.07) is 1.94. The summed E-state index contributed by atoms with van der Waals surface area (Å²) in [5.41, 5.74) is 7.07. The fourth-order valence-corrected chi connectivity index (χ4v) is 1.55. The summed E-state index contributed by atoms with van der Waals surface area (Å²) in [6.45, 7) is 11.0. The van der Waals surface area contributed by atoms with Crippen LogP contribution in [0.5, 0.6) is 0 Å². The van der Waals surface area contributed by atoms with Crippen molar-refractivity contribution in [2.24, 2.45) is 5.41 Å². The number of carbonyl (C=O) groups excluding carboxylic acids is 1. The van der Waals surface area contributed by atoms with Crippen molar-refractivity contribution in [3.8, 4) is 0 Å². The minimum absolute atomic E-state index is 0.0645. The summed E-state index contributed by atoms with van der Waals surface area (Å²) < 4.78 is 1.90. The van der Waals surface area contributed by atoms with E-state index in [0.717, 1.165) is 0 Å².